The first-order chi connectivity index (χ1) is 7.69. The lowest BCUT2D eigenvalue weighted by Crippen LogP contribution is -2.30. The highest BCUT2D eigenvalue weighted by Gasteiger charge is 2.77. The van der Waals surface area contributed by atoms with Gasteiger partial charge in [0.25, 0.3) is 0 Å². The van der Waals surface area contributed by atoms with Gasteiger partial charge >= 0.3 is 0 Å². The van der Waals surface area contributed by atoms with Crippen molar-refractivity contribution >= 4 is 0 Å². The van der Waals surface area contributed by atoms with Gasteiger partial charge in [0.1, 0.15) is 17.8 Å². The molecule has 1 aliphatic carbocycles. The summed E-state index contributed by atoms with van der Waals surface area (Å²) in [4.78, 5) is 0. The molecule has 3 aliphatic rings. The Hall–Kier alpha value is -0.940. The average molecular weight is 224 g/mol. The summed E-state index contributed by atoms with van der Waals surface area (Å²) in [5, 5.41) is 15.2. The normalized spacial score (nSPS) is 45.6. The van der Waals surface area contributed by atoms with Gasteiger partial charge in [-0.05, 0) is 6.08 Å². The van der Waals surface area contributed by atoms with Crippen molar-refractivity contribution in [1.29, 1.82) is 0 Å². The number of epoxide rings is 2. The lowest BCUT2D eigenvalue weighted by molar-refractivity contribution is 0.186. The summed E-state index contributed by atoms with van der Waals surface area (Å²) in [5.41, 5.74) is -0.611. The van der Waals surface area contributed by atoms with Gasteiger partial charge in [-0.25, -0.2) is 0 Å². The minimum Gasteiger partial charge on any atom is -0.394 e. The summed E-state index contributed by atoms with van der Waals surface area (Å²) in [7, 11) is 0. The maximum atomic E-state index is 7.62. The molecule has 88 valence electrons. The molecule has 0 aromatic carbocycles. The SMILES string of the molecule is C=CC12C=CC3OC3C1(C=C)O2.OCCO. The smallest absolute Gasteiger partial charge is 0.153 e. The van der Waals surface area contributed by atoms with Crippen LogP contribution in [-0.2, 0) is 9.47 Å². The van der Waals surface area contributed by atoms with E-state index in [0.717, 1.165) is 0 Å². The Morgan fingerprint density at radius 2 is 1.94 bits per heavy atom. The van der Waals surface area contributed by atoms with Gasteiger partial charge in [-0.2, -0.15) is 0 Å². The molecule has 2 saturated heterocycles. The fourth-order valence-electron chi connectivity index (χ4n) is 2.14. The summed E-state index contributed by atoms with van der Waals surface area (Å²) >= 11 is 0. The van der Waals surface area contributed by atoms with Crippen LogP contribution in [0.5, 0.6) is 0 Å². The van der Waals surface area contributed by atoms with E-state index in [-0.39, 0.29) is 36.6 Å². The van der Waals surface area contributed by atoms with Gasteiger partial charge in [0.2, 0.25) is 0 Å². The van der Waals surface area contributed by atoms with Crippen molar-refractivity contribution in [3.8, 4) is 0 Å². The molecule has 0 radical (unpaired) electrons. The summed E-state index contributed by atoms with van der Waals surface area (Å²) in [6.07, 6.45) is 8.15. The maximum absolute atomic E-state index is 7.62. The van der Waals surface area contributed by atoms with E-state index in [1.807, 2.05) is 24.3 Å². The summed E-state index contributed by atoms with van der Waals surface area (Å²) in [6, 6.07) is 0. The van der Waals surface area contributed by atoms with Crippen molar-refractivity contribution in [2.24, 2.45) is 0 Å². The van der Waals surface area contributed by atoms with Crippen molar-refractivity contribution in [1.82, 2.24) is 0 Å². The van der Waals surface area contributed by atoms with E-state index in [4.69, 9.17) is 19.7 Å². The van der Waals surface area contributed by atoms with Crippen LogP contribution in [0.1, 0.15) is 0 Å². The zero-order valence-corrected chi connectivity index (χ0v) is 9.00. The Labute approximate surface area is 94.5 Å². The van der Waals surface area contributed by atoms with Crippen molar-refractivity contribution in [2.45, 2.75) is 23.4 Å². The molecule has 3 rings (SSSR count). The maximum Gasteiger partial charge on any atom is 0.153 e. The number of ether oxygens (including phenoxy) is 2. The molecule has 4 unspecified atom stereocenters. The third-order valence-corrected chi connectivity index (χ3v) is 3.10. The van der Waals surface area contributed by atoms with Crippen LogP contribution in [0.2, 0.25) is 0 Å². The van der Waals surface area contributed by atoms with Crippen molar-refractivity contribution in [3.63, 3.8) is 0 Å². The fourth-order valence-corrected chi connectivity index (χ4v) is 2.14. The number of hydrogen-bond donors (Lipinski definition) is 2. The van der Waals surface area contributed by atoms with Crippen molar-refractivity contribution in [3.05, 3.63) is 37.5 Å². The van der Waals surface area contributed by atoms with Gasteiger partial charge in [-0.3, -0.25) is 0 Å². The number of aliphatic hydroxyl groups excluding tert-OH is 2. The highest BCUT2D eigenvalue weighted by atomic mass is 16.7. The molecule has 0 aromatic heterocycles. The van der Waals surface area contributed by atoms with Crippen LogP contribution in [-0.4, -0.2) is 46.8 Å². The van der Waals surface area contributed by atoms with Crippen LogP contribution in [0.4, 0.5) is 0 Å². The molecule has 0 bridgehead atoms. The predicted molar refractivity (Wildman–Crippen MR) is 58.9 cm³/mol. The molecule has 0 spiro atoms. The van der Waals surface area contributed by atoms with Crippen LogP contribution in [0.15, 0.2) is 37.5 Å². The minimum atomic E-state index is -0.313. The van der Waals surface area contributed by atoms with Crippen molar-refractivity contribution in [2.75, 3.05) is 13.2 Å². The van der Waals surface area contributed by atoms with Gasteiger partial charge in [0.05, 0.1) is 13.2 Å². The standard InChI is InChI=1S/C10H10O2.C2H6O2/c1-3-9-6-5-7-8(11-7)10(9,4-2)12-9;3-1-2-4/h3-8H,1-2H2;3-4H,1-2H2. The van der Waals surface area contributed by atoms with Gasteiger partial charge in [0, 0.05) is 0 Å². The first kappa shape index (κ1) is 11.5. The molecule has 0 aromatic rings. The van der Waals surface area contributed by atoms with Gasteiger partial charge in [-0.15, -0.1) is 0 Å². The van der Waals surface area contributed by atoms with E-state index < -0.39 is 0 Å². The molecule has 0 amide bonds. The molecular formula is C12H16O4. The Kier molecular flexibility index (Phi) is 2.75. The van der Waals surface area contributed by atoms with Crippen LogP contribution in [0, 0.1) is 0 Å². The summed E-state index contributed by atoms with van der Waals surface area (Å²) < 4.78 is 11.1. The number of aliphatic hydroxyl groups is 2. The van der Waals surface area contributed by atoms with E-state index in [1.165, 1.54) is 0 Å². The van der Waals surface area contributed by atoms with Gasteiger partial charge in [0.15, 0.2) is 5.60 Å². The lowest BCUT2D eigenvalue weighted by Gasteiger charge is -2.10. The topological polar surface area (TPSA) is 65.5 Å². The average Bonchev–Trinajstić information content (AvgIpc) is 3.19. The molecule has 2 N–H and O–H groups in total. The minimum absolute atomic E-state index is 0.125. The predicted octanol–water partition coefficient (Wildman–Crippen LogP) is 0.174. The zero-order valence-electron chi connectivity index (χ0n) is 9.00. The molecule has 2 fully saturated rings. The second kappa shape index (κ2) is 3.82. The number of rotatable bonds is 3. The van der Waals surface area contributed by atoms with Crippen LogP contribution >= 0.6 is 0 Å². The zero-order chi connectivity index (χ0) is 11.8. The second-order valence-electron chi connectivity index (χ2n) is 3.92. The molecule has 2 aliphatic heterocycles. The number of hydrogen-bond acceptors (Lipinski definition) is 4. The van der Waals surface area contributed by atoms with Crippen LogP contribution in [0.25, 0.3) is 0 Å². The summed E-state index contributed by atoms with van der Waals surface area (Å²) in [6.45, 7) is 7.30. The highest BCUT2D eigenvalue weighted by Crippen LogP contribution is 2.62. The largest absolute Gasteiger partial charge is 0.394 e. The molecule has 16 heavy (non-hydrogen) atoms. The first-order valence-corrected chi connectivity index (χ1v) is 5.23. The van der Waals surface area contributed by atoms with Gasteiger partial charge in [-0.1, -0.05) is 31.4 Å². The monoisotopic (exact) mass is 224 g/mol. The molecule has 0 saturated carbocycles. The molecule has 2 heterocycles. The highest BCUT2D eigenvalue weighted by molar-refractivity contribution is 5.47. The molecule has 4 heteroatoms. The third kappa shape index (κ3) is 1.38. The van der Waals surface area contributed by atoms with Gasteiger partial charge < -0.3 is 19.7 Å². The van der Waals surface area contributed by atoms with E-state index in [1.54, 1.807) is 0 Å². The Morgan fingerprint density at radius 3 is 2.44 bits per heavy atom. The quantitative estimate of drug-likeness (QED) is 0.530. The fraction of sp³-hybridized carbons (Fsp3) is 0.500. The van der Waals surface area contributed by atoms with Crippen LogP contribution in [0.3, 0.4) is 0 Å². The van der Waals surface area contributed by atoms with E-state index in [0.29, 0.717) is 0 Å². The van der Waals surface area contributed by atoms with E-state index in [2.05, 4.69) is 13.2 Å². The number of fused-ring (bicyclic) bond motifs is 3. The Balaban J connectivity index is 0.000000212. The Morgan fingerprint density at radius 1 is 1.25 bits per heavy atom. The molecule has 4 atom stereocenters. The second-order valence-corrected chi connectivity index (χ2v) is 3.92. The Bertz CT molecular complexity index is 336. The first-order valence-electron chi connectivity index (χ1n) is 5.23. The van der Waals surface area contributed by atoms with Crippen LogP contribution < -0.4 is 0 Å². The molecule has 4 nitrogen and oxygen atoms in total. The van der Waals surface area contributed by atoms with E-state index >= 15 is 0 Å². The third-order valence-electron chi connectivity index (χ3n) is 3.10. The van der Waals surface area contributed by atoms with E-state index in [9.17, 15) is 0 Å². The van der Waals surface area contributed by atoms with Crippen molar-refractivity contribution < 1.29 is 19.7 Å². The molecular weight excluding hydrogens is 208 g/mol. The summed E-state index contributed by atoms with van der Waals surface area (Å²) in [5.74, 6) is 0. The lowest BCUT2D eigenvalue weighted by atomic mass is 9.84.